The first-order valence-corrected chi connectivity index (χ1v) is 9.62. The zero-order valence-corrected chi connectivity index (χ0v) is 16.7. The van der Waals surface area contributed by atoms with E-state index in [1.165, 1.54) is 10.8 Å². The smallest absolute Gasteiger partial charge is 0.173 e. The van der Waals surface area contributed by atoms with Gasteiger partial charge in [0.15, 0.2) is 5.11 Å². The molecule has 3 rings (SSSR count). The molecule has 0 radical (unpaired) electrons. The van der Waals surface area contributed by atoms with Crippen LogP contribution < -0.4 is 5.32 Å². The largest absolute Gasteiger partial charge is 0.343 e. The summed E-state index contributed by atoms with van der Waals surface area (Å²) >= 11 is 5.77. The molecule has 1 N–H and O–H groups in total. The van der Waals surface area contributed by atoms with E-state index < -0.39 is 0 Å². The van der Waals surface area contributed by atoms with Crippen LogP contribution in [0.4, 0.5) is 5.69 Å². The molecular weight excluding hydrogens is 352 g/mol. The maximum Gasteiger partial charge on any atom is 0.173 e. The van der Waals surface area contributed by atoms with Crippen molar-refractivity contribution in [3.8, 4) is 0 Å². The molecule has 0 bridgehead atoms. The lowest BCUT2D eigenvalue weighted by Crippen LogP contribution is -2.36. The maximum atomic E-state index is 5.77. The Morgan fingerprint density at radius 2 is 1.74 bits per heavy atom. The number of benzene rings is 2. The molecule has 0 fully saturated rings. The molecule has 2 aromatic carbocycles. The van der Waals surface area contributed by atoms with E-state index in [1.54, 1.807) is 0 Å². The van der Waals surface area contributed by atoms with Gasteiger partial charge in [-0.1, -0.05) is 42.5 Å². The van der Waals surface area contributed by atoms with Crippen molar-refractivity contribution in [3.05, 3.63) is 72.6 Å². The lowest BCUT2D eigenvalue weighted by atomic mass is 10.1. The van der Waals surface area contributed by atoms with E-state index in [4.69, 9.17) is 12.2 Å². The van der Waals surface area contributed by atoms with Crippen molar-refractivity contribution in [1.29, 1.82) is 0 Å². The first-order chi connectivity index (χ1) is 13.1. The van der Waals surface area contributed by atoms with Gasteiger partial charge < -0.3 is 15.1 Å². The Hall–Kier alpha value is -2.50. The normalized spacial score (nSPS) is 10.9. The minimum absolute atomic E-state index is 0.699. The minimum Gasteiger partial charge on any atom is -0.343 e. The van der Waals surface area contributed by atoms with E-state index in [-0.39, 0.29) is 0 Å². The van der Waals surface area contributed by atoms with Crippen LogP contribution in [-0.4, -0.2) is 47.1 Å². The molecule has 1 heterocycles. The summed E-state index contributed by atoms with van der Waals surface area (Å²) < 4.78 is 0. The van der Waals surface area contributed by atoms with Crippen LogP contribution in [0.2, 0.25) is 0 Å². The molecule has 1 aromatic heterocycles. The van der Waals surface area contributed by atoms with Gasteiger partial charge in [-0.25, -0.2) is 0 Å². The van der Waals surface area contributed by atoms with Gasteiger partial charge in [-0.05, 0) is 62.9 Å². The number of aromatic nitrogens is 1. The lowest BCUT2D eigenvalue weighted by Gasteiger charge is -2.26. The number of anilines is 1. The van der Waals surface area contributed by atoms with Gasteiger partial charge in [-0.3, -0.25) is 4.98 Å². The Kier molecular flexibility index (Phi) is 6.74. The number of nitrogens with zero attached hydrogens (tertiary/aromatic N) is 3. The van der Waals surface area contributed by atoms with Gasteiger partial charge in [0.05, 0.1) is 12.2 Å². The fourth-order valence-corrected chi connectivity index (χ4v) is 3.31. The summed E-state index contributed by atoms with van der Waals surface area (Å²) in [5, 5.41) is 6.57. The highest BCUT2D eigenvalue weighted by molar-refractivity contribution is 7.80. The van der Waals surface area contributed by atoms with Crippen LogP contribution >= 0.6 is 12.2 Å². The van der Waals surface area contributed by atoms with Crippen molar-refractivity contribution in [3.63, 3.8) is 0 Å². The number of thiocarbonyl (C=S) groups is 1. The molecule has 27 heavy (non-hydrogen) atoms. The molecule has 3 aromatic rings. The van der Waals surface area contributed by atoms with Gasteiger partial charge in [0.2, 0.25) is 0 Å². The fraction of sp³-hybridized carbons (Fsp3) is 0.273. The summed E-state index contributed by atoms with van der Waals surface area (Å²) in [6.45, 7) is 2.60. The molecule has 0 aliphatic carbocycles. The van der Waals surface area contributed by atoms with Gasteiger partial charge in [-0.2, -0.15) is 0 Å². The molecule has 0 amide bonds. The molecule has 5 heteroatoms. The average molecular weight is 379 g/mol. The molecule has 0 saturated carbocycles. The van der Waals surface area contributed by atoms with Crippen molar-refractivity contribution < 1.29 is 0 Å². The fourth-order valence-electron chi connectivity index (χ4n) is 3.05. The number of rotatable bonds is 7. The summed E-state index contributed by atoms with van der Waals surface area (Å²) in [4.78, 5) is 8.85. The van der Waals surface area contributed by atoms with Crippen LogP contribution in [0.15, 0.2) is 66.9 Å². The van der Waals surface area contributed by atoms with E-state index in [9.17, 15) is 0 Å². The first-order valence-electron chi connectivity index (χ1n) is 9.22. The summed E-state index contributed by atoms with van der Waals surface area (Å²) in [5.74, 6) is 0. The van der Waals surface area contributed by atoms with Gasteiger partial charge in [-0.15, -0.1) is 0 Å². The topological polar surface area (TPSA) is 31.4 Å². The van der Waals surface area contributed by atoms with E-state index >= 15 is 0 Å². The average Bonchev–Trinajstić information content (AvgIpc) is 2.68. The second kappa shape index (κ2) is 9.44. The third kappa shape index (κ3) is 5.49. The number of fused-ring (bicyclic) bond motifs is 1. The zero-order valence-electron chi connectivity index (χ0n) is 15.9. The zero-order chi connectivity index (χ0) is 19.1. The van der Waals surface area contributed by atoms with E-state index in [0.717, 1.165) is 36.0 Å². The van der Waals surface area contributed by atoms with Gasteiger partial charge >= 0.3 is 0 Å². The molecule has 0 aliphatic heterocycles. The minimum atomic E-state index is 0.699. The van der Waals surface area contributed by atoms with E-state index in [1.807, 2.05) is 24.4 Å². The van der Waals surface area contributed by atoms with Gasteiger partial charge in [0, 0.05) is 23.8 Å². The van der Waals surface area contributed by atoms with Crippen molar-refractivity contribution in [2.45, 2.75) is 13.0 Å². The summed E-state index contributed by atoms with van der Waals surface area (Å²) in [6, 6.07) is 20.6. The second-order valence-corrected chi connectivity index (χ2v) is 7.24. The van der Waals surface area contributed by atoms with Crippen LogP contribution in [0.1, 0.15) is 12.1 Å². The van der Waals surface area contributed by atoms with Crippen molar-refractivity contribution in [2.24, 2.45) is 0 Å². The van der Waals surface area contributed by atoms with Crippen LogP contribution in [0.3, 0.4) is 0 Å². The summed E-state index contributed by atoms with van der Waals surface area (Å²) in [5.41, 5.74) is 2.06. The highest BCUT2D eigenvalue weighted by Gasteiger charge is 2.12. The number of hydrogen-bond donors (Lipinski definition) is 1. The summed E-state index contributed by atoms with van der Waals surface area (Å²) in [7, 11) is 4.19. The van der Waals surface area contributed by atoms with Crippen molar-refractivity contribution >= 4 is 33.8 Å². The molecule has 4 nitrogen and oxygen atoms in total. The quantitative estimate of drug-likeness (QED) is 0.617. The predicted octanol–water partition coefficient (Wildman–Crippen LogP) is 4.39. The van der Waals surface area contributed by atoms with Crippen LogP contribution in [-0.2, 0) is 6.54 Å². The molecule has 140 valence electrons. The Balaban J connectivity index is 1.76. The highest BCUT2D eigenvalue weighted by atomic mass is 32.1. The standard InChI is InChI=1S/C22H26N4S/c1-25(2)15-8-16-26(17-19-11-5-6-14-23-19)22(27)24-21-13-7-10-18-9-3-4-12-20(18)21/h3-7,9-14H,8,15-17H2,1-2H3,(H,24,27). The molecule has 0 saturated heterocycles. The number of hydrogen-bond acceptors (Lipinski definition) is 3. The third-order valence-corrected chi connectivity index (χ3v) is 4.79. The van der Waals surface area contributed by atoms with Crippen molar-refractivity contribution in [1.82, 2.24) is 14.8 Å². The lowest BCUT2D eigenvalue weighted by molar-refractivity contribution is 0.344. The number of nitrogens with one attached hydrogen (secondary N) is 1. The Morgan fingerprint density at radius 1 is 0.963 bits per heavy atom. The Morgan fingerprint density at radius 3 is 2.52 bits per heavy atom. The molecule has 0 aliphatic rings. The third-order valence-electron chi connectivity index (χ3n) is 4.43. The first kappa shape index (κ1) is 19.3. The number of pyridine rings is 1. The Labute approximate surface area is 166 Å². The molecular formula is C22H26N4S. The highest BCUT2D eigenvalue weighted by Crippen LogP contribution is 2.23. The summed E-state index contributed by atoms with van der Waals surface area (Å²) in [6.07, 6.45) is 2.87. The van der Waals surface area contributed by atoms with E-state index in [2.05, 4.69) is 76.7 Å². The Bertz CT molecular complexity index is 874. The van der Waals surface area contributed by atoms with Crippen LogP contribution in [0, 0.1) is 0 Å². The van der Waals surface area contributed by atoms with Gasteiger partial charge in [0.25, 0.3) is 0 Å². The van der Waals surface area contributed by atoms with Crippen LogP contribution in [0.5, 0.6) is 0 Å². The van der Waals surface area contributed by atoms with E-state index in [0.29, 0.717) is 6.54 Å². The molecule has 0 atom stereocenters. The molecule has 0 spiro atoms. The van der Waals surface area contributed by atoms with Crippen molar-refractivity contribution in [2.75, 3.05) is 32.5 Å². The van der Waals surface area contributed by atoms with Crippen LogP contribution in [0.25, 0.3) is 10.8 Å². The SMILES string of the molecule is CN(C)CCCN(Cc1ccccn1)C(=S)Nc1cccc2ccccc12. The predicted molar refractivity (Wildman–Crippen MR) is 118 cm³/mol. The second-order valence-electron chi connectivity index (χ2n) is 6.86. The molecule has 0 unspecified atom stereocenters. The maximum absolute atomic E-state index is 5.77. The monoisotopic (exact) mass is 378 g/mol. The van der Waals surface area contributed by atoms with Gasteiger partial charge in [0.1, 0.15) is 0 Å².